The minimum absolute atomic E-state index is 0.131. The molecule has 0 saturated heterocycles. The highest BCUT2D eigenvalue weighted by molar-refractivity contribution is 9.10. The molecular formula is C21H15BrN4O3S. The van der Waals surface area contributed by atoms with Gasteiger partial charge < -0.3 is 15.1 Å². The largest absolute Gasteiger partial charge is 0.431 e. The lowest BCUT2D eigenvalue weighted by Gasteiger charge is -2.08. The predicted molar refractivity (Wildman–Crippen MR) is 120 cm³/mol. The maximum Gasteiger partial charge on any atom is 0.257 e. The van der Waals surface area contributed by atoms with E-state index in [0.29, 0.717) is 27.9 Å². The summed E-state index contributed by atoms with van der Waals surface area (Å²) < 4.78 is 6.41. The molecule has 2 aromatic heterocycles. The van der Waals surface area contributed by atoms with Crippen LogP contribution < -0.4 is 10.6 Å². The number of carbonyl (C=O) groups is 2. The smallest absolute Gasteiger partial charge is 0.257 e. The van der Waals surface area contributed by atoms with Crippen LogP contribution in [0.15, 0.2) is 81.0 Å². The number of hydrogen-bond acceptors (Lipinski definition) is 6. The molecular weight excluding hydrogens is 468 g/mol. The van der Waals surface area contributed by atoms with Crippen LogP contribution in [0.4, 0.5) is 11.5 Å². The highest BCUT2D eigenvalue weighted by atomic mass is 79.9. The number of fused-ring (bicyclic) bond motifs is 1. The maximum atomic E-state index is 12.4. The number of hydrogen-bond donors (Lipinski definition) is 2. The molecule has 0 spiro atoms. The zero-order valence-electron chi connectivity index (χ0n) is 15.5. The zero-order chi connectivity index (χ0) is 20.9. The molecule has 0 unspecified atom stereocenters. The molecule has 9 heteroatoms. The Bertz CT molecular complexity index is 1180. The van der Waals surface area contributed by atoms with Crippen LogP contribution in [0, 0.1) is 0 Å². The van der Waals surface area contributed by atoms with E-state index >= 15 is 0 Å². The van der Waals surface area contributed by atoms with Gasteiger partial charge in [0.25, 0.3) is 11.1 Å². The number of amides is 2. The first-order chi connectivity index (χ1) is 14.6. The third-order valence-electron chi connectivity index (χ3n) is 3.98. The second kappa shape index (κ2) is 9.10. The summed E-state index contributed by atoms with van der Waals surface area (Å²) in [7, 11) is 0. The van der Waals surface area contributed by atoms with Crippen LogP contribution in [0.25, 0.3) is 11.1 Å². The first kappa shape index (κ1) is 20.1. The average molecular weight is 483 g/mol. The van der Waals surface area contributed by atoms with Gasteiger partial charge in [-0.05, 0) is 58.4 Å². The molecule has 2 N–H and O–H groups in total. The molecule has 0 saturated carbocycles. The van der Waals surface area contributed by atoms with E-state index in [9.17, 15) is 9.59 Å². The number of halogens is 1. The Morgan fingerprint density at radius 3 is 2.70 bits per heavy atom. The summed E-state index contributed by atoms with van der Waals surface area (Å²) in [6.07, 6.45) is 1.60. The Morgan fingerprint density at radius 2 is 1.90 bits per heavy atom. The van der Waals surface area contributed by atoms with Crippen molar-refractivity contribution in [1.82, 2.24) is 9.97 Å². The number of pyridine rings is 1. The molecule has 0 aliphatic heterocycles. The number of nitrogens with one attached hydrogen (secondary N) is 2. The summed E-state index contributed by atoms with van der Waals surface area (Å²) in [6, 6.07) is 17.6. The van der Waals surface area contributed by atoms with Gasteiger partial charge in [-0.3, -0.25) is 9.59 Å². The molecule has 7 nitrogen and oxygen atoms in total. The van der Waals surface area contributed by atoms with Crippen molar-refractivity contribution >= 4 is 62.1 Å². The Balaban J connectivity index is 1.35. The summed E-state index contributed by atoms with van der Waals surface area (Å²) >= 11 is 4.50. The van der Waals surface area contributed by atoms with Crippen LogP contribution in [-0.2, 0) is 4.79 Å². The van der Waals surface area contributed by atoms with E-state index in [1.54, 1.807) is 42.6 Å². The predicted octanol–water partition coefficient (Wildman–Crippen LogP) is 4.97. The summed E-state index contributed by atoms with van der Waals surface area (Å²) in [5.41, 5.74) is 2.36. The second-order valence-corrected chi connectivity index (χ2v) is 8.02. The SMILES string of the molecule is O=C(CSc1nc2ccccc2o1)Nc1cccc(C(=O)Nc2ccc(Br)cn2)c1. The fourth-order valence-electron chi connectivity index (χ4n) is 2.61. The first-order valence-electron chi connectivity index (χ1n) is 8.88. The summed E-state index contributed by atoms with van der Waals surface area (Å²) in [6.45, 7) is 0. The molecule has 0 radical (unpaired) electrons. The van der Waals surface area contributed by atoms with Crippen molar-refractivity contribution in [3.05, 3.63) is 76.9 Å². The van der Waals surface area contributed by atoms with E-state index in [0.717, 1.165) is 9.99 Å². The Labute approximate surface area is 184 Å². The number of nitrogens with zero attached hydrogens (tertiary/aromatic N) is 2. The quantitative estimate of drug-likeness (QED) is 0.376. The van der Waals surface area contributed by atoms with Gasteiger partial charge in [-0.25, -0.2) is 9.97 Å². The number of thioether (sulfide) groups is 1. The monoisotopic (exact) mass is 482 g/mol. The number of rotatable bonds is 6. The molecule has 30 heavy (non-hydrogen) atoms. The van der Waals surface area contributed by atoms with Gasteiger partial charge in [-0.1, -0.05) is 30.0 Å². The Kier molecular flexibility index (Phi) is 6.10. The van der Waals surface area contributed by atoms with Gasteiger partial charge in [0, 0.05) is 21.9 Å². The van der Waals surface area contributed by atoms with Gasteiger partial charge in [-0.2, -0.15) is 0 Å². The summed E-state index contributed by atoms with van der Waals surface area (Å²) in [5, 5.41) is 5.93. The van der Waals surface area contributed by atoms with E-state index < -0.39 is 0 Å². The minimum atomic E-state index is -0.318. The minimum Gasteiger partial charge on any atom is -0.431 e. The Morgan fingerprint density at radius 1 is 1.03 bits per heavy atom. The normalized spacial score (nSPS) is 10.7. The van der Waals surface area contributed by atoms with Crippen LogP contribution in [0.2, 0.25) is 0 Å². The van der Waals surface area contributed by atoms with Crippen molar-refractivity contribution < 1.29 is 14.0 Å². The lowest BCUT2D eigenvalue weighted by atomic mass is 10.2. The molecule has 2 aromatic carbocycles. The van der Waals surface area contributed by atoms with Gasteiger partial charge in [0.1, 0.15) is 11.3 Å². The topological polar surface area (TPSA) is 97.1 Å². The number of carbonyl (C=O) groups excluding carboxylic acids is 2. The second-order valence-electron chi connectivity index (χ2n) is 6.18. The molecule has 0 bridgehead atoms. The lowest BCUT2D eigenvalue weighted by molar-refractivity contribution is -0.113. The van der Waals surface area contributed by atoms with Crippen LogP contribution in [0.5, 0.6) is 0 Å². The molecule has 2 amide bonds. The summed E-state index contributed by atoms with van der Waals surface area (Å²) in [5.74, 6) is 0.0232. The van der Waals surface area contributed by atoms with Crippen molar-refractivity contribution in [2.45, 2.75) is 5.22 Å². The molecule has 0 fully saturated rings. The van der Waals surface area contributed by atoms with Crippen molar-refractivity contribution in [3.8, 4) is 0 Å². The van der Waals surface area contributed by atoms with E-state index in [-0.39, 0.29) is 17.6 Å². The fourth-order valence-corrected chi connectivity index (χ4v) is 3.49. The van der Waals surface area contributed by atoms with Crippen molar-refractivity contribution in [2.75, 3.05) is 16.4 Å². The molecule has 0 atom stereocenters. The highest BCUT2D eigenvalue weighted by Crippen LogP contribution is 2.23. The lowest BCUT2D eigenvalue weighted by Crippen LogP contribution is -2.16. The molecule has 2 heterocycles. The summed E-state index contributed by atoms with van der Waals surface area (Å²) in [4.78, 5) is 33.2. The molecule has 0 aliphatic carbocycles. The van der Waals surface area contributed by atoms with Crippen molar-refractivity contribution in [1.29, 1.82) is 0 Å². The highest BCUT2D eigenvalue weighted by Gasteiger charge is 2.11. The zero-order valence-corrected chi connectivity index (χ0v) is 17.9. The third kappa shape index (κ3) is 5.05. The third-order valence-corrected chi connectivity index (χ3v) is 5.28. The van der Waals surface area contributed by atoms with E-state index in [4.69, 9.17) is 4.42 Å². The van der Waals surface area contributed by atoms with Gasteiger partial charge in [-0.15, -0.1) is 0 Å². The van der Waals surface area contributed by atoms with Crippen LogP contribution in [0.1, 0.15) is 10.4 Å². The molecule has 4 aromatic rings. The maximum absolute atomic E-state index is 12.4. The standard InChI is InChI=1S/C21H15BrN4O3S/c22-14-8-9-18(23-11-14)26-20(28)13-4-3-5-15(10-13)24-19(27)12-30-21-25-16-6-1-2-7-17(16)29-21/h1-11H,12H2,(H,24,27)(H,23,26,28). The number of para-hydroxylation sites is 2. The van der Waals surface area contributed by atoms with Crippen LogP contribution >= 0.6 is 27.7 Å². The fraction of sp³-hybridized carbons (Fsp3) is 0.0476. The first-order valence-corrected chi connectivity index (χ1v) is 10.7. The van der Waals surface area contributed by atoms with Crippen LogP contribution in [-0.4, -0.2) is 27.5 Å². The molecule has 4 rings (SSSR count). The van der Waals surface area contributed by atoms with E-state index in [1.165, 1.54) is 11.8 Å². The Hall–Kier alpha value is -3.17. The van der Waals surface area contributed by atoms with Gasteiger partial charge in [0.05, 0.1) is 5.75 Å². The number of oxazole rings is 1. The van der Waals surface area contributed by atoms with Crippen molar-refractivity contribution in [2.24, 2.45) is 0 Å². The number of benzene rings is 2. The number of anilines is 2. The molecule has 150 valence electrons. The van der Waals surface area contributed by atoms with Gasteiger partial charge >= 0.3 is 0 Å². The van der Waals surface area contributed by atoms with Gasteiger partial charge in [0.15, 0.2) is 5.58 Å². The van der Waals surface area contributed by atoms with Gasteiger partial charge in [0.2, 0.25) is 5.91 Å². The van der Waals surface area contributed by atoms with E-state index in [2.05, 4.69) is 36.5 Å². The van der Waals surface area contributed by atoms with Crippen LogP contribution in [0.3, 0.4) is 0 Å². The number of aromatic nitrogens is 2. The molecule has 0 aliphatic rings. The van der Waals surface area contributed by atoms with E-state index in [1.807, 2.05) is 24.3 Å². The van der Waals surface area contributed by atoms with Crippen molar-refractivity contribution in [3.63, 3.8) is 0 Å². The average Bonchev–Trinajstić information content (AvgIpc) is 3.17.